The highest BCUT2D eigenvalue weighted by molar-refractivity contribution is 5.88. The second-order valence-corrected chi connectivity index (χ2v) is 10.0. The van der Waals surface area contributed by atoms with Gasteiger partial charge in [0.25, 0.3) is 5.91 Å². The average molecular weight is 485 g/mol. The minimum atomic E-state index is -0.839. The van der Waals surface area contributed by atoms with E-state index in [2.05, 4.69) is 12.2 Å². The lowest BCUT2D eigenvalue weighted by atomic mass is 9.71. The number of hydrogen-bond donors (Lipinski definition) is 2. The van der Waals surface area contributed by atoms with Gasteiger partial charge < -0.3 is 24.5 Å². The summed E-state index contributed by atoms with van der Waals surface area (Å²) in [7, 11) is 0. The molecule has 3 atom stereocenters. The Morgan fingerprint density at radius 2 is 2.11 bits per heavy atom. The van der Waals surface area contributed by atoms with Gasteiger partial charge >= 0.3 is 5.63 Å². The summed E-state index contributed by atoms with van der Waals surface area (Å²) < 4.78 is 11.3. The van der Waals surface area contributed by atoms with E-state index in [9.17, 15) is 19.5 Å². The lowest BCUT2D eigenvalue weighted by Crippen LogP contribution is -2.56. The quantitative estimate of drug-likeness (QED) is 0.585. The van der Waals surface area contributed by atoms with Crippen molar-refractivity contribution in [2.45, 2.75) is 77.4 Å². The summed E-state index contributed by atoms with van der Waals surface area (Å²) in [6.07, 6.45) is 5.29. The lowest BCUT2D eigenvalue weighted by molar-refractivity contribution is -0.144. The third-order valence-electron chi connectivity index (χ3n) is 7.58. The number of piperidine rings is 1. The van der Waals surface area contributed by atoms with E-state index in [1.165, 1.54) is 6.07 Å². The average Bonchev–Trinajstić information content (AvgIpc) is 2.83. The highest BCUT2D eigenvalue weighted by Gasteiger charge is 2.43. The molecule has 2 N–H and O–H groups in total. The van der Waals surface area contributed by atoms with Gasteiger partial charge in [-0.25, -0.2) is 4.79 Å². The van der Waals surface area contributed by atoms with E-state index in [0.717, 1.165) is 49.5 Å². The molecular formula is C27H36N2O6. The Kier molecular flexibility index (Phi) is 7.50. The molecule has 190 valence electrons. The molecule has 1 aliphatic heterocycles. The first-order valence-corrected chi connectivity index (χ1v) is 12.7. The molecule has 0 radical (unpaired) electrons. The molecule has 2 heterocycles. The molecule has 2 fully saturated rings. The number of rotatable bonds is 7. The van der Waals surface area contributed by atoms with Gasteiger partial charge in [-0.1, -0.05) is 26.2 Å². The number of amides is 2. The topological polar surface area (TPSA) is 109 Å². The third-order valence-corrected chi connectivity index (χ3v) is 7.58. The first kappa shape index (κ1) is 25.2. The maximum Gasteiger partial charge on any atom is 0.336 e. The van der Waals surface area contributed by atoms with Crippen molar-refractivity contribution in [2.75, 3.05) is 19.6 Å². The molecule has 1 saturated carbocycles. The monoisotopic (exact) mass is 484 g/mol. The molecule has 0 spiro atoms. The Hall–Kier alpha value is -2.87. The smallest absolute Gasteiger partial charge is 0.336 e. The van der Waals surface area contributed by atoms with Crippen molar-refractivity contribution < 1.29 is 23.8 Å². The maximum absolute atomic E-state index is 12.7. The van der Waals surface area contributed by atoms with Gasteiger partial charge in [0, 0.05) is 36.0 Å². The lowest BCUT2D eigenvalue weighted by Gasteiger charge is -2.47. The molecule has 0 unspecified atom stereocenters. The van der Waals surface area contributed by atoms with Crippen LogP contribution < -0.4 is 15.7 Å². The van der Waals surface area contributed by atoms with E-state index in [1.54, 1.807) is 24.8 Å². The Morgan fingerprint density at radius 3 is 2.89 bits per heavy atom. The zero-order valence-corrected chi connectivity index (χ0v) is 20.9. The van der Waals surface area contributed by atoms with Gasteiger partial charge in [-0.3, -0.25) is 9.59 Å². The molecule has 1 aliphatic carbocycles. The number of carbonyl (C=O) groups excluding carboxylic acids is 2. The minimum absolute atomic E-state index is 0.108. The van der Waals surface area contributed by atoms with Crippen LogP contribution in [0.3, 0.4) is 0 Å². The van der Waals surface area contributed by atoms with Crippen LogP contribution >= 0.6 is 0 Å². The van der Waals surface area contributed by atoms with Gasteiger partial charge in [-0.15, -0.1) is 0 Å². The summed E-state index contributed by atoms with van der Waals surface area (Å²) in [6.45, 7) is 6.41. The standard InChI is InChI=1S/C27H36N2O6/c1-4-7-19-14-24(31)35-25-17(2)22(10-9-21(19)25)34-18(3)26(32)28-15-23(30)29-13-12-27(33)11-6-5-8-20(27)16-29/h9-10,14,18,20,33H,4-8,11-13,15-16H2,1-3H3,(H,28,32)/t18-,20+,27+/m1/s1. The zero-order valence-electron chi connectivity index (χ0n) is 20.9. The maximum atomic E-state index is 12.7. The Morgan fingerprint density at radius 1 is 1.31 bits per heavy atom. The number of fused-ring (bicyclic) bond motifs is 2. The summed E-state index contributed by atoms with van der Waals surface area (Å²) in [5.74, 6) is 0.0204. The summed E-state index contributed by atoms with van der Waals surface area (Å²) >= 11 is 0. The predicted molar refractivity (Wildman–Crippen MR) is 132 cm³/mol. The van der Waals surface area contributed by atoms with Gasteiger partial charge in [-0.05, 0) is 57.2 Å². The van der Waals surface area contributed by atoms with Crippen molar-refractivity contribution in [3.05, 3.63) is 39.7 Å². The molecule has 0 bridgehead atoms. The number of aryl methyl sites for hydroxylation is 2. The van der Waals surface area contributed by atoms with Crippen molar-refractivity contribution in [2.24, 2.45) is 5.92 Å². The van der Waals surface area contributed by atoms with Gasteiger partial charge in [0.2, 0.25) is 5.91 Å². The van der Waals surface area contributed by atoms with Gasteiger partial charge in [-0.2, -0.15) is 0 Å². The highest BCUT2D eigenvalue weighted by Crippen LogP contribution is 2.39. The van der Waals surface area contributed by atoms with Crippen molar-refractivity contribution in [3.8, 4) is 5.75 Å². The molecule has 2 aliphatic rings. The fraction of sp³-hybridized carbons (Fsp3) is 0.593. The van der Waals surface area contributed by atoms with E-state index >= 15 is 0 Å². The molecular weight excluding hydrogens is 448 g/mol. The molecule has 1 aromatic heterocycles. The number of hydrogen-bond acceptors (Lipinski definition) is 6. The minimum Gasteiger partial charge on any atom is -0.480 e. The van der Waals surface area contributed by atoms with Crippen LogP contribution in [-0.4, -0.2) is 53.2 Å². The fourth-order valence-electron chi connectivity index (χ4n) is 5.47. The summed E-state index contributed by atoms with van der Waals surface area (Å²) in [5, 5.41) is 14.4. The largest absolute Gasteiger partial charge is 0.480 e. The molecule has 8 heteroatoms. The van der Waals surface area contributed by atoms with Crippen LogP contribution in [0.2, 0.25) is 0 Å². The van der Waals surface area contributed by atoms with Crippen LogP contribution in [0.4, 0.5) is 0 Å². The second kappa shape index (κ2) is 10.4. The first-order valence-electron chi connectivity index (χ1n) is 12.7. The Labute approximate surface area is 205 Å². The number of likely N-dealkylation sites (tertiary alicyclic amines) is 1. The molecule has 1 aromatic carbocycles. The van der Waals surface area contributed by atoms with Crippen molar-refractivity contribution in [1.29, 1.82) is 0 Å². The predicted octanol–water partition coefficient (Wildman–Crippen LogP) is 3.09. The molecule has 8 nitrogen and oxygen atoms in total. The fourth-order valence-corrected chi connectivity index (χ4v) is 5.47. The Bertz CT molecular complexity index is 1160. The summed E-state index contributed by atoms with van der Waals surface area (Å²) in [6, 6.07) is 5.16. The van der Waals surface area contributed by atoms with Crippen molar-refractivity contribution in [3.63, 3.8) is 0 Å². The van der Waals surface area contributed by atoms with Crippen LogP contribution in [0.1, 0.15) is 63.5 Å². The SMILES string of the molecule is CCCc1cc(=O)oc2c(C)c(O[C@H](C)C(=O)NCC(=O)N3CC[C@@]4(O)CCCC[C@H]4C3)ccc12. The van der Waals surface area contributed by atoms with Crippen LogP contribution in [0.5, 0.6) is 5.75 Å². The normalized spacial score (nSPS) is 23.0. The summed E-state index contributed by atoms with van der Waals surface area (Å²) in [4.78, 5) is 39.2. The van der Waals surface area contributed by atoms with E-state index in [4.69, 9.17) is 9.15 Å². The van der Waals surface area contributed by atoms with Crippen LogP contribution in [-0.2, 0) is 16.0 Å². The number of aliphatic hydroxyl groups is 1. The first-order chi connectivity index (χ1) is 16.7. The third kappa shape index (κ3) is 5.37. The van der Waals surface area contributed by atoms with Gasteiger partial charge in [0.1, 0.15) is 11.3 Å². The molecule has 2 amide bonds. The number of benzene rings is 1. The van der Waals surface area contributed by atoms with Gasteiger partial charge in [0.05, 0.1) is 12.1 Å². The highest BCUT2D eigenvalue weighted by atomic mass is 16.5. The van der Waals surface area contributed by atoms with Gasteiger partial charge in [0.15, 0.2) is 6.10 Å². The molecule has 35 heavy (non-hydrogen) atoms. The van der Waals surface area contributed by atoms with Crippen LogP contribution in [0, 0.1) is 12.8 Å². The van der Waals surface area contributed by atoms with Crippen molar-refractivity contribution in [1.82, 2.24) is 10.2 Å². The molecule has 1 saturated heterocycles. The molecule has 4 rings (SSSR count). The summed E-state index contributed by atoms with van der Waals surface area (Å²) in [5.41, 5.74) is 1.00. The van der Waals surface area contributed by atoms with E-state index in [1.807, 2.05) is 6.07 Å². The van der Waals surface area contributed by atoms with E-state index in [0.29, 0.717) is 36.4 Å². The van der Waals surface area contributed by atoms with Crippen LogP contribution in [0.15, 0.2) is 27.4 Å². The van der Waals surface area contributed by atoms with E-state index in [-0.39, 0.29) is 18.4 Å². The Balaban J connectivity index is 1.36. The second-order valence-electron chi connectivity index (χ2n) is 10.0. The number of nitrogens with zero attached hydrogens (tertiary/aromatic N) is 1. The van der Waals surface area contributed by atoms with Crippen LogP contribution in [0.25, 0.3) is 11.0 Å². The number of carbonyl (C=O) groups is 2. The number of nitrogens with one attached hydrogen (secondary N) is 1. The molecule has 2 aromatic rings. The number of ether oxygens (including phenoxy) is 1. The zero-order chi connectivity index (χ0) is 25.2. The van der Waals surface area contributed by atoms with Crippen molar-refractivity contribution >= 4 is 22.8 Å². The van der Waals surface area contributed by atoms with E-state index < -0.39 is 23.2 Å².